The van der Waals surface area contributed by atoms with Crippen molar-refractivity contribution in [3.63, 3.8) is 0 Å². The topological polar surface area (TPSA) is 97.3 Å². The van der Waals surface area contributed by atoms with E-state index in [1.54, 1.807) is 18.2 Å². The van der Waals surface area contributed by atoms with E-state index in [1.807, 2.05) is 0 Å². The van der Waals surface area contributed by atoms with Gasteiger partial charge in [0.25, 0.3) is 0 Å². The molecular weight excluding hydrogens is 212 g/mol. The largest absolute Gasteiger partial charge is 0.549 e. The minimum atomic E-state index is -1.91. The molecule has 0 aromatic heterocycles. The van der Waals surface area contributed by atoms with Crippen LogP contribution in [0.1, 0.15) is 16.8 Å². The first-order chi connectivity index (χ1) is 7.52. The molecule has 0 fully saturated rings. The highest BCUT2D eigenvalue weighted by molar-refractivity contribution is 6.02. The second-order valence-electron chi connectivity index (χ2n) is 3.18. The quantitative estimate of drug-likeness (QED) is 0.438. The number of hydrogen-bond acceptors (Lipinski definition) is 5. The molecule has 0 aliphatic carbocycles. The Morgan fingerprint density at radius 2 is 1.50 bits per heavy atom. The summed E-state index contributed by atoms with van der Waals surface area (Å²) in [7, 11) is 0. The van der Waals surface area contributed by atoms with Gasteiger partial charge in [0.05, 0.1) is 11.9 Å². The average Bonchev–Trinajstić information content (AvgIpc) is 2.25. The van der Waals surface area contributed by atoms with Gasteiger partial charge in [0.1, 0.15) is 0 Å². The maximum Gasteiger partial charge on any atom is 0.163 e. The van der Waals surface area contributed by atoms with Crippen molar-refractivity contribution in [3.8, 4) is 0 Å². The van der Waals surface area contributed by atoms with Crippen LogP contribution < -0.4 is 10.2 Å². The minimum absolute atomic E-state index is 0.259. The molecule has 0 atom stereocenters. The summed E-state index contributed by atoms with van der Waals surface area (Å²) in [6, 6.07) is 7.83. The van der Waals surface area contributed by atoms with Gasteiger partial charge in [0.2, 0.25) is 0 Å². The number of carbonyl (C=O) groups is 3. The fraction of sp³-hybridized carbons (Fsp3) is 0.182. The molecule has 0 N–H and O–H groups in total. The van der Waals surface area contributed by atoms with Crippen molar-refractivity contribution in [2.24, 2.45) is 5.92 Å². The van der Waals surface area contributed by atoms with E-state index in [2.05, 4.69) is 0 Å². The first-order valence-electron chi connectivity index (χ1n) is 4.52. The standard InChI is InChI=1S/C11H10O5/c12-9(7-4-2-1-3-5-7)6-8(10(13)14)11(15)16/h1-5,8H,6H2,(H,13,14)(H,15,16)/p-2. The predicted molar refractivity (Wildman–Crippen MR) is 48.9 cm³/mol. The van der Waals surface area contributed by atoms with Gasteiger partial charge in [0.15, 0.2) is 5.78 Å². The lowest BCUT2D eigenvalue weighted by molar-refractivity contribution is -0.331. The number of carboxylic acid groups (broad SMARTS) is 2. The Labute approximate surface area is 91.3 Å². The molecule has 0 amide bonds. The molecule has 1 rings (SSSR count). The summed E-state index contributed by atoms with van der Waals surface area (Å²) in [5.74, 6) is -6.11. The van der Waals surface area contributed by atoms with E-state index in [-0.39, 0.29) is 5.56 Å². The molecule has 1 aromatic rings. The van der Waals surface area contributed by atoms with Gasteiger partial charge in [-0.3, -0.25) is 4.79 Å². The van der Waals surface area contributed by atoms with Crippen LogP contribution >= 0.6 is 0 Å². The maximum atomic E-state index is 11.5. The molecule has 5 nitrogen and oxygen atoms in total. The van der Waals surface area contributed by atoms with E-state index in [9.17, 15) is 24.6 Å². The molecule has 0 aliphatic rings. The fourth-order valence-electron chi connectivity index (χ4n) is 1.19. The van der Waals surface area contributed by atoms with Crippen LogP contribution in [0.4, 0.5) is 0 Å². The number of aliphatic carboxylic acids is 2. The van der Waals surface area contributed by atoms with Gasteiger partial charge in [-0.1, -0.05) is 30.3 Å². The van der Waals surface area contributed by atoms with Crippen molar-refractivity contribution < 1.29 is 24.6 Å². The van der Waals surface area contributed by atoms with Crippen LogP contribution in [0.15, 0.2) is 30.3 Å². The zero-order valence-corrected chi connectivity index (χ0v) is 8.21. The van der Waals surface area contributed by atoms with Gasteiger partial charge >= 0.3 is 0 Å². The molecule has 1 aromatic carbocycles. The Morgan fingerprint density at radius 1 is 1.00 bits per heavy atom. The molecule has 0 radical (unpaired) electrons. The summed E-state index contributed by atoms with van der Waals surface area (Å²) < 4.78 is 0. The number of ketones is 1. The van der Waals surface area contributed by atoms with Crippen molar-refractivity contribution >= 4 is 17.7 Å². The van der Waals surface area contributed by atoms with E-state index in [0.29, 0.717) is 0 Å². The van der Waals surface area contributed by atoms with Gasteiger partial charge < -0.3 is 19.8 Å². The van der Waals surface area contributed by atoms with E-state index in [0.717, 1.165) is 0 Å². The number of carboxylic acids is 2. The van der Waals surface area contributed by atoms with Crippen molar-refractivity contribution in [3.05, 3.63) is 35.9 Å². The number of benzene rings is 1. The zero-order valence-electron chi connectivity index (χ0n) is 8.21. The van der Waals surface area contributed by atoms with E-state index in [4.69, 9.17) is 0 Å². The monoisotopic (exact) mass is 220 g/mol. The molecule has 5 heteroatoms. The third kappa shape index (κ3) is 2.91. The molecule has 16 heavy (non-hydrogen) atoms. The SMILES string of the molecule is O=C(CC(C(=O)[O-])C(=O)[O-])c1ccccc1. The van der Waals surface area contributed by atoms with E-state index in [1.165, 1.54) is 12.1 Å². The molecule has 0 aliphatic heterocycles. The predicted octanol–water partition coefficient (Wildman–Crippen LogP) is -1.62. The smallest absolute Gasteiger partial charge is 0.163 e. The zero-order chi connectivity index (χ0) is 12.1. The van der Waals surface area contributed by atoms with Crippen LogP contribution in [0.5, 0.6) is 0 Å². The lowest BCUT2D eigenvalue weighted by Crippen LogP contribution is -2.44. The van der Waals surface area contributed by atoms with Gasteiger partial charge in [-0.2, -0.15) is 0 Å². The molecule has 0 saturated heterocycles. The second-order valence-corrected chi connectivity index (χ2v) is 3.18. The van der Waals surface area contributed by atoms with Crippen molar-refractivity contribution in [1.29, 1.82) is 0 Å². The summed E-state index contributed by atoms with van der Waals surface area (Å²) >= 11 is 0. The average molecular weight is 220 g/mol. The molecule has 84 valence electrons. The minimum Gasteiger partial charge on any atom is -0.549 e. The van der Waals surface area contributed by atoms with Gasteiger partial charge in [-0.25, -0.2) is 0 Å². The molecule has 0 saturated carbocycles. The highest BCUT2D eigenvalue weighted by Crippen LogP contribution is 2.09. The molecule has 0 spiro atoms. The van der Waals surface area contributed by atoms with Crippen LogP contribution in [0.25, 0.3) is 0 Å². The van der Waals surface area contributed by atoms with Gasteiger partial charge in [-0.15, -0.1) is 0 Å². The van der Waals surface area contributed by atoms with Crippen LogP contribution in [0, 0.1) is 5.92 Å². The Kier molecular flexibility index (Phi) is 3.77. The van der Waals surface area contributed by atoms with Gasteiger partial charge in [-0.05, 0) is 0 Å². The summed E-state index contributed by atoms with van der Waals surface area (Å²) in [6.45, 7) is 0. The van der Waals surface area contributed by atoms with E-state index >= 15 is 0 Å². The summed E-state index contributed by atoms with van der Waals surface area (Å²) in [5, 5.41) is 20.8. The van der Waals surface area contributed by atoms with Crippen molar-refractivity contribution in [2.45, 2.75) is 6.42 Å². The maximum absolute atomic E-state index is 11.5. The lowest BCUT2D eigenvalue weighted by Gasteiger charge is -2.17. The van der Waals surface area contributed by atoms with Crippen LogP contribution in [-0.4, -0.2) is 17.7 Å². The van der Waals surface area contributed by atoms with Crippen molar-refractivity contribution in [2.75, 3.05) is 0 Å². The van der Waals surface area contributed by atoms with Crippen LogP contribution in [0.3, 0.4) is 0 Å². The molecule has 0 unspecified atom stereocenters. The summed E-state index contributed by atoms with van der Waals surface area (Å²) in [6.07, 6.45) is -0.658. The van der Waals surface area contributed by atoms with Crippen LogP contribution in [-0.2, 0) is 9.59 Å². The highest BCUT2D eigenvalue weighted by Gasteiger charge is 2.17. The first kappa shape index (κ1) is 11.9. The third-order valence-electron chi connectivity index (χ3n) is 2.05. The third-order valence-corrected chi connectivity index (χ3v) is 2.05. The fourth-order valence-corrected chi connectivity index (χ4v) is 1.19. The number of carbonyl (C=O) groups excluding carboxylic acids is 3. The number of Topliss-reactive ketones (excluding diaryl/α,β-unsaturated/α-hetero) is 1. The molecule has 0 heterocycles. The highest BCUT2D eigenvalue weighted by atomic mass is 16.4. The number of hydrogen-bond donors (Lipinski definition) is 0. The van der Waals surface area contributed by atoms with Crippen molar-refractivity contribution in [1.82, 2.24) is 0 Å². The molecule has 0 bridgehead atoms. The first-order valence-corrected chi connectivity index (χ1v) is 4.52. The molecular formula is C11H8O5-2. The Balaban J connectivity index is 2.77. The Hall–Kier alpha value is -2.17. The van der Waals surface area contributed by atoms with Gasteiger partial charge in [0, 0.05) is 17.9 Å². The van der Waals surface area contributed by atoms with Crippen LogP contribution in [0.2, 0.25) is 0 Å². The summed E-state index contributed by atoms with van der Waals surface area (Å²) in [5.41, 5.74) is 0.259. The second kappa shape index (κ2) is 5.06. The summed E-state index contributed by atoms with van der Waals surface area (Å²) in [4.78, 5) is 32.3. The van der Waals surface area contributed by atoms with E-state index < -0.39 is 30.1 Å². The number of rotatable bonds is 5. The lowest BCUT2D eigenvalue weighted by atomic mass is 9.98. The Bertz CT molecular complexity index is 396. The normalized spacial score (nSPS) is 10.1. The Morgan fingerprint density at radius 3 is 1.94 bits per heavy atom.